The van der Waals surface area contributed by atoms with Gasteiger partial charge in [0, 0.05) is 13.0 Å². The maximum Gasteiger partial charge on any atom is 0.0895 e. The average molecular weight is 215 g/mol. The monoisotopic (exact) mass is 215 g/mol. The Morgan fingerprint density at radius 3 is 2.47 bits per heavy atom. The summed E-state index contributed by atoms with van der Waals surface area (Å²) >= 11 is 0. The Labute approximate surface area is 93.5 Å². The van der Waals surface area contributed by atoms with Crippen molar-refractivity contribution in [3.63, 3.8) is 0 Å². The summed E-state index contributed by atoms with van der Waals surface area (Å²) in [6.45, 7) is 13.3. The number of nitrogens with one attached hydrogen (secondary N) is 1. The van der Waals surface area contributed by atoms with Crippen LogP contribution < -0.4 is 5.32 Å². The number of ether oxygens (including phenoxy) is 2. The minimum atomic E-state index is -0.157. The first-order valence-corrected chi connectivity index (χ1v) is 5.90. The molecule has 0 spiro atoms. The summed E-state index contributed by atoms with van der Waals surface area (Å²) in [5.74, 6) is 0. The van der Waals surface area contributed by atoms with Crippen molar-refractivity contribution in [2.45, 2.75) is 58.3 Å². The fraction of sp³-hybridized carbons (Fsp3) is 1.00. The minimum Gasteiger partial charge on any atom is -0.374 e. The van der Waals surface area contributed by atoms with E-state index < -0.39 is 0 Å². The molecule has 1 aliphatic heterocycles. The van der Waals surface area contributed by atoms with E-state index in [4.69, 9.17) is 9.47 Å². The molecule has 0 radical (unpaired) electrons. The summed E-state index contributed by atoms with van der Waals surface area (Å²) in [5.41, 5.74) is -0.206. The highest BCUT2D eigenvalue weighted by Crippen LogP contribution is 2.38. The van der Waals surface area contributed by atoms with Crippen molar-refractivity contribution in [3.05, 3.63) is 0 Å². The third kappa shape index (κ3) is 3.74. The topological polar surface area (TPSA) is 30.5 Å². The van der Waals surface area contributed by atoms with E-state index in [-0.39, 0.29) is 17.3 Å². The van der Waals surface area contributed by atoms with Gasteiger partial charge in [-0.15, -0.1) is 0 Å². The van der Waals surface area contributed by atoms with Crippen LogP contribution in [0.2, 0.25) is 0 Å². The van der Waals surface area contributed by atoms with Gasteiger partial charge in [0.05, 0.1) is 23.9 Å². The van der Waals surface area contributed by atoms with Crippen LogP contribution in [0, 0.1) is 0 Å². The summed E-state index contributed by atoms with van der Waals surface area (Å²) in [5, 5.41) is 3.25. The van der Waals surface area contributed by atoms with Gasteiger partial charge in [-0.3, -0.25) is 0 Å². The van der Waals surface area contributed by atoms with Gasteiger partial charge in [0.2, 0.25) is 0 Å². The Morgan fingerprint density at radius 2 is 2.00 bits per heavy atom. The highest BCUT2D eigenvalue weighted by molar-refractivity contribution is 4.95. The van der Waals surface area contributed by atoms with E-state index in [1.54, 1.807) is 0 Å². The molecule has 1 N–H and O–H groups in total. The molecule has 0 saturated carbocycles. The molecule has 1 atom stereocenters. The van der Waals surface area contributed by atoms with E-state index in [0.29, 0.717) is 0 Å². The smallest absolute Gasteiger partial charge is 0.0895 e. The van der Waals surface area contributed by atoms with Crippen LogP contribution in [0.1, 0.15) is 41.0 Å². The molecule has 90 valence electrons. The molecule has 1 fully saturated rings. The lowest BCUT2D eigenvalue weighted by Crippen LogP contribution is -2.36. The summed E-state index contributed by atoms with van der Waals surface area (Å²) in [4.78, 5) is 0. The highest BCUT2D eigenvalue weighted by Gasteiger charge is 2.46. The predicted octanol–water partition coefficient (Wildman–Crippen LogP) is 1.96. The molecular weight excluding hydrogens is 190 g/mol. The molecule has 3 nitrogen and oxygen atoms in total. The van der Waals surface area contributed by atoms with Crippen molar-refractivity contribution in [2.75, 3.05) is 19.7 Å². The summed E-state index contributed by atoms with van der Waals surface area (Å²) in [6.07, 6.45) is 1.19. The molecule has 1 heterocycles. The van der Waals surface area contributed by atoms with E-state index in [0.717, 1.165) is 26.1 Å². The number of hydrogen-bond acceptors (Lipinski definition) is 3. The molecule has 0 aromatic rings. The molecule has 1 aliphatic rings. The SMILES string of the molecule is CCNCCOC1CC(C)(C)OC1(C)C. The molecule has 0 amide bonds. The zero-order valence-electron chi connectivity index (χ0n) is 10.7. The number of likely N-dealkylation sites (N-methyl/N-ethyl adjacent to an activating group) is 1. The zero-order valence-corrected chi connectivity index (χ0v) is 10.7. The van der Waals surface area contributed by atoms with Gasteiger partial charge in [-0.1, -0.05) is 6.92 Å². The minimum absolute atomic E-state index is 0.0493. The standard InChI is InChI=1S/C12H25NO2/c1-6-13-7-8-14-10-9-11(2,3)15-12(10,4)5/h10,13H,6-9H2,1-5H3. The van der Waals surface area contributed by atoms with Crippen molar-refractivity contribution < 1.29 is 9.47 Å². The number of rotatable bonds is 5. The fourth-order valence-corrected chi connectivity index (χ4v) is 2.22. The van der Waals surface area contributed by atoms with Crippen LogP contribution in [0.3, 0.4) is 0 Å². The molecule has 1 rings (SSSR count). The van der Waals surface area contributed by atoms with Crippen LogP contribution in [-0.4, -0.2) is 37.0 Å². The maximum atomic E-state index is 5.96. The predicted molar refractivity (Wildman–Crippen MR) is 62.1 cm³/mol. The quantitative estimate of drug-likeness (QED) is 0.711. The molecule has 1 saturated heterocycles. The zero-order chi connectivity index (χ0) is 11.5. The Morgan fingerprint density at radius 1 is 1.33 bits per heavy atom. The lowest BCUT2D eigenvalue weighted by atomic mass is 9.97. The molecule has 15 heavy (non-hydrogen) atoms. The van der Waals surface area contributed by atoms with Gasteiger partial charge in [-0.25, -0.2) is 0 Å². The molecule has 0 aromatic heterocycles. The third-order valence-corrected chi connectivity index (χ3v) is 2.84. The lowest BCUT2D eigenvalue weighted by Gasteiger charge is -2.27. The van der Waals surface area contributed by atoms with Gasteiger partial charge in [0.25, 0.3) is 0 Å². The van der Waals surface area contributed by atoms with E-state index >= 15 is 0 Å². The van der Waals surface area contributed by atoms with Crippen molar-refractivity contribution in [2.24, 2.45) is 0 Å². The first kappa shape index (κ1) is 12.9. The van der Waals surface area contributed by atoms with Crippen molar-refractivity contribution in [1.29, 1.82) is 0 Å². The first-order chi connectivity index (χ1) is 6.87. The molecule has 1 unspecified atom stereocenters. The molecular formula is C12H25NO2. The van der Waals surface area contributed by atoms with Crippen LogP contribution in [0.25, 0.3) is 0 Å². The number of hydrogen-bond donors (Lipinski definition) is 1. The summed E-state index contributed by atoms with van der Waals surface area (Å²) in [6, 6.07) is 0. The average Bonchev–Trinajstić information content (AvgIpc) is 2.28. The van der Waals surface area contributed by atoms with Gasteiger partial charge >= 0.3 is 0 Å². The molecule has 0 aromatic carbocycles. The molecule has 0 bridgehead atoms. The largest absolute Gasteiger partial charge is 0.374 e. The molecule has 0 aliphatic carbocycles. The van der Waals surface area contributed by atoms with Crippen molar-refractivity contribution in [1.82, 2.24) is 5.32 Å². The van der Waals surface area contributed by atoms with Gasteiger partial charge in [-0.2, -0.15) is 0 Å². The van der Waals surface area contributed by atoms with E-state index in [1.807, 2.05) is 0 Å². The second kappa shape index (κ2) is 4.81. The molecule has 3 heteroatoms. The summed E-state index contributed by atoms with van der Waals surface area (Å²) < 4.78 is 11.8. The highest BCUT2D eigenvalue weighted by atomic mass is 16.6. The second-order valence-corrected chi connectivity index (χ2v) is 5.38. The van der Waals surface area contributed by atoms with E-state index in [1.165, 1.54) is 0 Å². The fourth-order valence-electron chi connectivity index (χ4n) is 2.22. The Hall–Kier alpha value is -0.120. The third-order valence-electron chi connectivity index (χ3n) is 2.84. The first-order valence-electron chi connectivity index (χ1n) is 5.90. The van der Waals surface area contributed by atoms with Crippen LogP contribution >= 0.6 is 0 Å². The van der Waals surface area contributed by atoms with Crippen LogP contribution in [-0.2, 0) is 9.47 Å². The van der Waals surface area contributed by atoms with Gasteiger partial charge in [-0.05, 0) is 34.2 Å². The lowest BCUT2D eigenvalue weighted by molar-refractivity contribution is -0.102. The Balaban J connectivity index is 2.35. The summed E-state index contributed by atoms with van der Waals surface area (Å²) in [7, 11) is 0. The van der Waals surface area contributed by atoms with Crippen LogP contribution in [0.4, 0.5) is 0 Å². The van der Waals surface area contributed by atoms with Crippen molar-refractivity contribution in [3.8, 4) is 0 Å². The second-order valence-electron chi connectivity index (χ2n) is 5.38. The normalized spacial score (nSPS) is 28.2. The van der Waals surface area contributed by atoms with Gasteiger partial charge < -0.3 is 14.8 Å². The van der Waals surface area contributed by atoms with Crippen LogP contribution in [0.15, 0.2) is 0 Å². The Bertz CT molecular complexity index is 202. The van der Waals surface area contributed by atoms with Crippen molar-refractivity contribution >= 4 is 0 Å². The Kier molecular flexibility index (Phi) is 4.15. The van der Waals surface area contributed by atoms with Crippen LogP contribution in [0.5, 0.6) is 0 Å². The van der Waals surface area contributed by atoms with Gasteiger partial charge in [0.15, 0.2) is 0 Å². The van der Waals surface area contributed by atoms with Gasteiger partial charge in [0.1, 0.15) is 0 Å². The maximum absolute atomic E-state index is 5.96. The van der Waals surface area contributed by atoms with E-state index in [9.17, 15) is 0 Å². The van der Waals surface area contributed by atoms with E-state index in [2.05, 4.69) is 39.9 Å².